The first kappa shape index (κ1) is 13.3. The Bertz CT molecular complexity index is 594. The second kappa shape index (κ2) is 5.71. The van der Waals surface area contributed by atoms with E-state index in [0.717, 1.165) is 0 Å². The third-order valence-electron chi connectivity index (χ3n) is 3.53. The molecule has 1 atom stereocenters. The minimum atomic E-state index is 0.144. The van der Waals surface area contributed by atoms with Gasteiger partial charge in [0.1, 0.15) is 5.37 Å². The van der Waals surface area contributed by atoms with E-state index in [1.165, 1.54) is 16.7 Å². The van der Waals surface area contributed by atoms with E-state index in [1.807, 2.05) is 23.1 Å². The van der Waals surface area contributed by atoms with E-state index in [9.17, 15) is 4.79 Å². The maximum absolute atomic E-state index is 12.1. The van der Waals surface area contributed by atoms with Gasteiger partial charge >= 0.3 is 0 Å². The van der Waals surface area contributed by atoms with Crippen LogP contribution in [0.3, 0.4) is 0 Å². The SMILES string of the molecule is Cc1ccc(CN2C(=O)CSC2c2ccccc2)cc1. The summed E-state index contributed by atoms with van der Waals surface area (Å²) in [5, 5.41) is 0.144. The first-order valence-electron chi connectivity index (χ1n) is 6.75. The molecule has 1 unspecified atom stereocenters. The first-order valence-corrected chi connectivity index (χ1v) is 7.80. The lowest BCUT2D eigenvalue weighted by Gasteiger charge is -2.24. The molecule has 2 aromatic rings. The van der Waals surface area contributed by atoms with Crippen molar-refractivity contribution in [3.8, 4) is 0 Å². The van der Waals surface area contributed by atoms with Crippen molar-refractivity contribution in [2.75, 3.05) is 5.75 Å². The van der Waals surface area contributed by atoms with Crippen LogP contribution >= 0.6 is 11.8 Å². The Morgan fingerprint density at radius 3 is 2.50 bits per heavy atom. The number of hydrogen-bond acceptors (Lipinski definition) is 2. The van der Waals surface area contributed by atoms with Gasteiger partial charge in [-0.1, -0.05) is 60.2 Å². The van der Waals surface area contributed by atoms with E-state index < -0.39 is 0 Å². The average molecular weight is 283 g/mol. The Labute approximate surface area is 123 Å². The molecule has 2 aromatic carbocycles. The summed E-state index contributed by atoms with van der Waals surface area (Å²) in [7, 11) is 0. The Balaban J connectivity index is 1.82. The van der Waals surface area contributed by atoms with Gasteiger partial charge in [0.05, 0.1) is 5.75 Å². The maximum atomic E-state index is 12.1. The summed E-state index contributed by atoms with van der Waals surface area (Å²) in [4.78, 5) is 14.1. The molecule has 1 saturated heterocycles. The minimum Gasteiger partial charge on any atom is -0.322 e. The van der Waals surface area contributed by atoms with Crippen LogP contribution in [0.1, 0.15) is 22.1 Å². The van der Waals surface area contributed by atoms with Crippen molar-refractivity contribution in [2.45, 2.75) is 18.8 Å². The van der Waals surface area contributed by atoms with E-state index in [4.69, 9.17) is 0 Å². The predicted molar refractivity (Wildman–Crippen MR) is 83.4 cm³/mol. The van der Waals surface area contributed by atoms with E-state index in [2.05, 4.69) is 43.3 Å². The van der Waals surface area contributed by atoms with Crippen molar-refractivity contribution in [2.24, 2.45) is 0 Å². The molecule has 1 aliphatic rings. The Kier molecular flexibility index (Phi) is 3.79. The highest BCUT2D eigenvalue weighted by molar-refractivity contribution is 8.00. The fraction of sp³-hybridized carbons (Fsp3) is 0.235. The Morgan fingerprint density at radius 1 is 1.10 bits per heavy atom. The van der Waals surface area contributed by atoms with Crippen LogP contribution in [-0.2, 0) is 11.3 Å². The summed E-state index contributed by atoms with van der Waals surface area (Å²) in [5.41, 5.74) is 3.64. The molecule has 0 saturated carbocycles. The van der Waals surface area contributed by atoms with Crippen LogP contribution in [0.25, 0.3) is 0 Å². The number of carbonyl (C=O) groups is 1. The number of aryl methyl sites for hydroxylation is 1. The zero-order valence-corrected chi connectivity index (χ0v) is 12.3. The predicted octanol–water partition coefficient (Wildman–Crippen LogP) is 3.77. The maximum Gasteiger partial charge on any atom is 0.234 e. The largest absolute Gasteiger partial charge is 0.322 e. The summed E-state index contributed by atoms with van der Waals surface area (Å²) in [6, 6.07) is 18.7. The molecule has 0 bridgehead atoms. The third-order valence-corrected chi connectivity index (χ3v) is 4.78. The standard InChI is InChI=1S/C17H17NOS/c1-13-7-9-14(10-8-13)11-18-16(19)12-20-17(18)15-5-3-2-4-6-15/h2-10,17H,11-12H2,1H3. The molecule has 1 heterocycles. The van der Waals surface area contributed by atoms with Crippen LogP contribution in [0, 0.1) is 6.92 Å². The Hall–Kier alpha value is -1.74. The van der Waals surface area contributed by atoms with Gasteiger partial charge in [0, 0.05) is 6.54 Å². The number of amides is 1. The molecule has 1 aliphatic heterocycles. The first-order chi connectivity index (χ1) is 9.74. The number of carbonyl (C=O) groups excluding carboxylic acids is 1. The van der Waals surface area contributed by atoms with E-state index in [0.29, 0.717) is 12.3 Å². The number of benzene rings is 2. The van der Waals surface area contributed by atoms with Crippen LogP contribution in [-0.4, -0.2) is 16.6 Å². The van der Waals surface area contributed by atoms with Crippen molar-refractivity contribution in [3.05, 3.63) is 71.3 Å². The second-order valence-electron chi connectivity index (χ2n) is 5.08. The molecule has 3 rings (SSSR count). The quantitative estimate of drug-likeness (QED) is 0.854. The highest BCUT2D eigenvalue weighted by Crippen LogP contribution is 2.39. The highest BCUT2D eigenvalue weighted by atomic mass is 32.2. The summed E-state index contributed by atoms with van der Waals surface area (Å²) in [6.07, 6.45) is 0. The smallest absolute Gasteiger partial charge is 0.234 e. The van der Waals surface area contributed by atoms with Crippen molar-refractivity contribution in [1.82, 2.24) is 4.90 Å². The van der Waals surface area contributed by atoms with Gasteiger partial charge in [-0.2, -0.15) is 0 Å². The molecule has 0 N–H and O–H groups in total. The molecule has 0 aromatic heterocycles. The molecule has 20 heavy (non-hydrogen) atoms. The third kappa shape index (κ3) is 2.73. The van der Waals surface area contributed by atoms with Crippen molar-refractivity contribution in [1.29, 1.82) is 0 Å². The molecule has 1 amide bonds. The van der Waals surface area contributed by atoms with Gasteiger partial charge < -0.3 is 4.90 Å². The van der Waals surface area contributed by atoms with Gasteiger partial charge in [0.25, 0.3) is 0 Å². The van der Waals surface area contributed by atoms with Crippen LogP contribution in [0.15, 0.2) is 54.6 Å². The molecule has 0 aliphatic carbocycles. The number of hydrogen-bond donors (Lipinski definition) is 0. The topological polar surface area (TPSA) is 20.3 Å². The monoisotopic (exact) mass is 283 g/mol. The lowest BCUT2D eigenvalue weighted by molar-refractivity contribution is -0.128. The average Bonchev–Trinajstić information content (AvgIpc) is 2.84. The van der Waals surface area contributed by atoms with Crippen LogP contribution < -0.4 is 0 Å². The zero-order chi connectivity index (χ0) is 13.9. The molecule has 0 radical (unpaired) electrons. The molecule has 3 heteroatoms. The van der Waals surface area contributed by atoms with Gasteiger partial charge in [-0.3, -0.25) is 4.79 Å². The second-order valence-corrected chi connectivity index (χ2v) is 6.15. The molecular weight excluding hydrogens is 266 g/mol. The molecule has 0 spiro atoms. The number of rotatable bonds is 3. The van der Waals surface area contributed by atoms with Crippen molar-refractivity contribution >= 4 is 17.7 Å². The summed E-state index contributed by atoms with van der Waals surface area (Å²) >= 11 is 1.71. The van der Waals surface area contributed by atoms with E-state index in [1.54, 1.807) is 11.8 Å². The van der Waals surface area contributed by atoms with Gasteiger partial charge in [0.2, 0.25) is 5.91 Å². The van der Waals surface area contributed by atoms with Crippen molar-refractivity contribution in [3.63, 3.8) is 0 Å². The number of thioether (sulfide) groups is 1. The highest BCUT2D eigenvalue weighted by Gasteiger charge is 2.32. The van der Waals surface area contributed by atoms with E-state index >= 15 is 0 Å². The van der Waals surface area contributed by atoms with Gasteiger partial charge in [-0.15, -0.1) is 11.8 Å². The van der Waals surface area contributed by atoms with Crippen LogP contribution in [0.2, 0.25) is 0 Å². The summed E-state index contributed by atoms with van der Waals surface area (Å²) < 4.78 is 0. The van der Waals surface area contributed by atoms with Gasteiger partial charge in [-0.25, -0.2) is 0 Å². The normalized spacial score (nSPS) is 18.6. The van der Waals surface area contributed by atoms with Crippen LogP contribution in [0.5, 0.6) is 0 Å². The molecule has 1 fully saturated rings. The summed E-state index contributed by atoms with van der Waals surface area (Å²) in [6.45, 7) is 2.76. The molecule has 2 nitrogen and oxygen atoms in total. The van der Waals surface area contributed by atoms with E-state index in [-0.39, 0.29) is 11.3 Å². The van der Waals surface area contributed by atoms with Crippen molar-refractivity contribution < 1.29 is 4.79 Å². The van der Waals surface area contributed by atoms with Gasteiger partial charge in [-0.05, 0) is 18.1 Å². The minimum absolute atomic E-state index is 0.144. The zero-order valence-electron chi connectivity index (χ0n) is 11.5. The fourth-order valence-corrected chi connectivity index (χ4v) is 3.60. The summed E-state index contributed by atoms with van der Waals surface area (Å²) in [5.74, 6) is 0.801. The number of nitrogens with zero attached hydrogens (tertiary/aromatic N) is 1. The Morgan fingerprint density at radius 2 is 1.80 bits per heavy atom. The van der Waals surface area contributed by atoms with Crippen LogP contribution in [0.4, 0.5) is 0 Å². The lowest BCUT2D eigenvalue weighted by Crippen LogP contribution is -2.27. The molecular formula is C17H17NOS. The molecule has 102 valence electrons. The van der Waals surface area contributed by atoms with Gasteiger partial charge in [0.15, 0.2) is 0 Å². The fourth-order valence-electron chi connectivity index (χ4n) is 2.41. The lowest BCUT2D eigenvalue weighted by atomic mass is 10.1.